The Morgan fingerprint density at radius 2 is 2.00 bits per heavy atom. The molecule has 0 aliphatic carbocycles. The molecular weight excluding hydrogens is 300 g/mol. The summed E-state index contributed by atoms with van der Waals surface area (Å²) in [6.07, 6.45) is 0. The molecule has 3 aromatic rings. The second-order valence-corrected chi connectivity index (χ2v) is 5.12. The molecule has 0 amide bonds. The van der Waals surface area contributed by atoms with Crippen LogP contribution in [0, 0.1) is 0 Å². The number of hydrogen-bond acceptors (Lipinski definition) is 1. The van der Waals surface area contributed by atoms with Crippen molar-refractivity contribution in [2.45, 2.75) is 0 Å². The van der Waals surface area contributed by atoms with Crippen LogP contribution in [-0.2, 0) is 0 Å². The van der Waals surface area contributed by atoms with Crippen molar-refractivity contribution in [1.82, 2.24) is 10.2 Å². The van der Waals surface area contributed by atoms with Crippen LogP contribution >= 0.6 is 27.5 Å². The smallest absolute Gasteiger partial charge is 0.1000 e. The molecule has 0 aliphatic rings. The zero-order valence-electron chi connectivity index (χ0n) is 8.74. The minimum atomic E-state index is 0.718. The summed E-state index contributed by atoms with van der Waals surface area (Å²) in [7, 11) is 0. The number of aromatic nitrogens is 2. The Morgan fingerprint density at radius 3 is 2.82 bits per heavy atom. The highest BCUT2D eigenvalue weighted by atomic mass is 79.9. The fourth-order valence-electron chi connectivity index (χ4n) is 1.84. The van der Waals surface area contributed by atoms with Crippen LogP contribution in [0.25, 0.3) is 22.2 Å². The van der Waals surface area contributed by atoms with Gasteiger partial charge in [-0.3, -0.25) is 5.10 Å². The summed E-state index contributed by atoms with van der Waals surface area (Å²) in [6.45, 7) is 0. The van der Waals surface area contributed by atoms with Crippen molar-refractivity contribution in [3.63, 3.8) is 0 Å². The minimum Gasteiger partial charge on any atom is -0.277 e. The zero-order valence-corrected chi connectivity index (χ0v) is 11.1. The number of fused-ring (bicyclic) bond motifs is 1. The minimum absolute atomic E-state index is 0.718. The largest absolute Gasteiger partial charge is 0.277 e. The molecule has 0 saturated carbocycles. The van der Waals surface area contributed by atoms with E-state index in [0.29, 0.717) is 0 Å². The van der Waals surface area contributed by atoms with E-state index in [0.717, 1.165) is 31.7 Å². The fourth-order valence-corrected chi connectivity index (χ4v) is 2.41. The predicted molar refractivity (Wildman–Crippen MR) is 74.2 cm³/mol. The summed E-state index contributed by atoms with van der Waals surface area (Å²) in [4.78, 5) is 0. The lowest BCUT2D eigenvalue weighted by molar-refractivity contribution is 1.12. The van der Waals surface area contributed by atoms with Crippen molar-refractivity contribution in [3.8, 4) is 11.3 Å². The Balaban J connectivity index is 2.27. The second-order valence-electron chi connectivity index (χ2n) is 3.77. The Morgan fingerprint density at radius 1 is 1.12 bits per heavy atom. The van der Waals surface area contributed by atoms with Gasteiger partial charge in [-0.15, -0.1) is 0 Å². The first kappa shape index (κ1) is 10.8. The predicted octanol–water partition coefficient (Wildman–Crippen LogP) is 4.65. The van der Waals surface area contributed by atoms with E-state index in [4.69, 9.17) is 11.6 Å². The average molecular weight is 308 g/mol. The molecule has 3 rings (SSSR count). The summed E-state index contributed by atoms with van der Waals surface area (Å²) in [5, 5.41) is 9.11. The molecule has 0 radical (unpaired) electrons. The van der Waals surface area contributed by atoms with Gasteiger partial charge in [0.25, 0.3) is 0 Å². The molecule has 84 valence electrons. The first-order valence-corrected chi connectivity index (χ1v) is 6.31. The van der Waals surface area contributed by atoms with Gasteiger partial charge in [0.2, 0.25) is 0 Å². The number of rotatable bonds is 1. The van der Waals surface area contributed by atoms with E-state index >= 15 is 0 Å². The molecule has 0 atom stereocenters. The lowest BCUT2D eigenvalue weighted by atomic mass is 10.1. The standard InChI is InChI=1S/C13H8BrClN2/c14-9-3-1-2-8(6-9)13-11-7-10(15)4-5-12(11)16-17-13/h1-7H,(H,16,17). The number of nitrogens with zero attached hydrogens (tertiary/aromatic N) is 1. The maximum atomic E-state index is 6.02. The molecular formula is C13H8BrClN2. The molecule has 0 fully saturated rings. The van der Waals surface area contributed by atoms with Gasteiger partial charge in [-0.05, 0) is 30.3 Å². The third-order valence-electron chi connectivity index (χ3n) is 2.62. The monoisotopic (exact) mass is 306 g/mol. The normalized spacial score (nSPS) is 10.9. The first-order chi connectivity index (χ1) is 8.24. The Kier molecular flexibility index (Phi) is 2.65. The average Bonchev–Trinajstić information content (AvgIpc) is 2.71. The molecule has 2 nitrogen and oxygen atoms in total. The third kappa shape index (κ3) is 1.96. The summed E-state index contributed by atoms with van der Waals surface area (Å²) >= 11 is 9.48. The summed E-state index contributed by atoms with van der Waals surface area (Å²) < 4.78 is 1.04. The van der Waals surface area contributed by atoms with E-state index in [1.165, 1.54) is 0 Å². The summed E-state index contributed by atoms with van der Waals surface area (Å²) in [6, 6.07) is 13.8. The summed E-state index contributed by atoms with van der Waals surface area (Å²) in [5.74, 6) is 0. The molecule has 0 spiro atoms. The number of halogens is 2. The molecule has 0 unspecified atom stereocenters. The summed E-state index contributed by atoms with van der Waals surface area (Å²) in [5.41, 5.74) is 2.97. The van der Waals surface area contributed by atoms with Crippen molar-refractivity contribution in [1.29, 1.82) is 0 Å². The van der Waals surface area contributed by atoms with Gasteiger partial charge in [0.15, 0.2) is 0 Å². The van der Waals surface area contributed by atoms with E-state index in [9.17, 15) is 0 Å². The third-order valence-corrected chi connectivity index (χ3v) is 3.35. The van der Waals surface area contributed by atoms with Crippen LogP contribution in [0.1, 0.15) is 0 Å². The molecule has 4 heteroatoms. The van der Waals surface area contributed by atoms with Crippen LogP contribution in [0.3, 0.4) is 0 Å². The van der Waals surface area contributed by atoms with Gasteiger partial charge in [0.1, 0.15) is 0 Å². The van der Waals surface area contributed by atoms with Gasteiger partial charge in [0, 0.05) is 20.4 Å². The zero-order chi connectivity index (χ0) is 11.8. The Hall–Kier alpha value is -1.32. The molecule has 1 heterocycles. The SMILES string of the molecule is Clc1ccc2[nH]nc(-c3cccc(Br)c3)c2c1. The van der Waals surface area contributed by atoms with Crippen LogP contribution in [0.2, 0.25) is 5.02 Å². The molecule has 0 bridgehead atoms. The topological polar surface area (TPSA) is 28.7 Å². The van der Waals surface area contributed by atoms with Crippen LogP contribution in [0.4, 0.5) is 0 Å². The highest BCUT2D eigenvalue weighted by molar-refractivity contribution is 9.10. The maximum absolute atomic E-state index is 6.02. The van der Waals surface area contributed by atoms with Crippen LogP contribution in [-0.4, -0.2) is 10.2 Å². The van der Waals surface area contributed by atoms with Gasteiger partial charge >= 0.3 is 0 Å². The van der Waals surface area contributed by atoms with Crippen LogP contribution < -0.4 is 0 Å². The van der Waals surface area contributed by atoms with E-state index < -0.39 is 0 Å². The van der Waals surface area contributed by atoms with Gasteiger partial charge in [-0.1, -0.05) is 39.7 Å². The van der Waals surface area contributed by atoms with Crippen LogP contribution in [0.15, 0.2) is 46.9 Å². The quantitative estimate of drug-likeness (QED) is 0.697. The molecule has 1 aromatic heterocycles. The lowest BCUT2D eigenvalue weighted by Gasteiger charge is -1.99. The maximum Gasteiger partial charge on any atom is 0.1000 e. The van der Waals surface area contributed by atoms with Gasteiger partial charge in [0.05, 0.1) is 11.2 Å². The Labute approximate surface area is 112 Å². The van der Waals surface area contributed by atoms with Crippen molar-refractivity contribution in [2.24, 2.45) is 0 Å². The molecule has 0 saturated heterocycles. The number of H-pyrrole nitrogens is 1. The number of nitrogens with one attached hydrogen (secondary N) is 1. The number of aromatic amines is 1. The number of benzene rings is 2. The van der Waals surface area contributed by atoms with E-state index in [1.54, 1.807) is 0 Å². The van der Waals surface area contributed by atoms with Crippen molar-refractivity contribution < 1.29 is 0 Å². The van der Waals surface area contributed by atoms with Gasteiger partial charge in [-0.2, -0.15) is 5.10 Å². The van der Waals surface area contributed by atoms with Gasteiger partial charge < -0.3 is 0 Å². The first-order valence-electron chi connectivity index (χ1n) is 5.13. The highest BCUT2D eigenvalue weighted by Crippen LogP contribution is 2.29. The van der Waals surface area contributed by atoms with Crippen molar-refractivity contribution in [2.75, 3.05) is 0 Å². The van der Waals surface area contributed by atoms with Crippen LogP contribution in [0.5, 0.6) is 0 Å². The highest BCUT2D eigenvalue weighted by Gasteiger charge is 2.08. The second kappa shape index (κ2) is 4.17. The molecule has 0 aliphatic heterocycles. The molecule has 2 aromatic carbocycles. The van der Waals surface area contributed by atoms with E-state index in [2.05, 4.69) is 26.1 Å². The van der Waals surface area contributed by atoms with Gasteiger partial charge in [-0.25, -0.2) is 0 Å². The van der Waals surface area contributed by atoms with E-state index in [1.807, 2.05) is 42.5 Å². The van der Waals surface area contributed by atoms with Crippen molar-refractivity contribution in [3.05, 3.63) is 52.0 Å². The Bertz CT molecular complexity index is 691. The number of hydrogen-bond donors (Lipinski definition) is 1. The fraction of sp³-hybridized carbons (Fsp3) is 0. The molecule has 1 N–H and O–H groups in total. The van der Waals surface area contributed by atoms with E-state index in [-0.39, 0.29) is 0 Å². The van der Waals surface area contributed by atoms with Crippen molar-refractivity contribution >= 4 is 38.4 Å². The lowest BCUT2D eigenvalue weighted by Crippen LogP contribution is -1.78. The molecule has 17 heavy (non-hydrogen) atoms.